The van der Waals surface area contributed by atoms with Crippen LogP contribution in [0.25, 0.3) is 0 Å². The van der Waals surface area contributed by atoms with Crippen molar-refractivity contribution in [1.29, 1.82) is 0 Å². The van der Waals surface area contributed by atoms with E-state index in [4.69, 9.17) is 5.84 Å². The molecule has 0 radical (unpaired) electrons. The highest BCUT2D eigenvalue weighted by Crippen LogP contribution is 2.26. The lowest BCUT2D eigenvalue weighted by Crippen LogP contribution is -2.30. The number of aromatic nitrogens is 3. The third-order valence-corrected chi connectivity index (χ3v) is 3.74. The third kappa shape index (κ3) is 3.41. The summed E-state index contributed by atoms with van der Waals surface area (Å²) >= 11 is 3.36. The van der Waals surface area contributed by atoms with Gasteiger partial charge >= 0.3 is 0 Å². The van der Waals surface area contributed by atoms with E-state index in [1.807, 2.05) is 4.68 Å². The number of hydrazine groups is 1. The molecule has 1 atom stereocenters. The Morgan fingerprint density at radius 2 is 2.30 bits per heavy atom. The quantitative estimate of drug-likeness (QED) is 0.625. The van der Waals surface area contributed by atoms with E-state index in [2.05, 4.69) is 38.4 Å². The molecule has 2 rings (SSSR count). The summed E-state index contributed by atoms with van der Waals surface area (Å²) in [4.78, 5) is 4.26. The van der Waals surface area contributed by atoms with E-state index in [1.165, 1.54) is 18.5 Å². The van der Waals surface area contributed by atoms with Crippen LogP contribution in [0.2, 0.25) is 0 Å². The summed E-state index contributed by atoms with van der Waals surface area (Å²) in [6.07, 6.45) is 3.11. The Balaban J connectivity index is 2.22. The minimum Gasteiger partial charge on any atom is -0.271 e. The molecule has 1 heterocycles. The fourth-order valence-corrected chi connectivity index (χ4v) is 2.70. The average Bonchev–Trinajstić information content (AvgIpc) is 2.84. The number of hydrogen-bond donors (Lipinski definition) is 2. The van der Waals surface area contributed by atoms with Gasteiger partial charge in [-0.05, 0) is 24.1 Å². The molecule has 20 heavy (non-hydrogen) atoms. The topological polar surface area (TPSA) is 68.8 Å². The molecule has 0 fully saturated rings. The zero-order valence-electron chi connectivity index (χ0n) is 11.2. The van der Waals surface area contributed by atoms with Crippen molar-refractivity contribution in [2.75, 3.05) is 0 Å². The molecule has 2 aromatic rings. The number of rotatable bonds is 6. The molecule has 108 valence electrons. The van der Waals surface area contributed by atoms with Gasteiger partial charge in [-0.25, -0.2) is 9.37 Å². The van der Waals surface area contributed by atoms with Crippen LogP contribution in [0.5, 0.6) is 0 Å². The molecule has 7 heteroatoms. The summed E-state index contributed by atoms with van der Waals surface area (Å²) in [5, 5.41) is 4.19. The second-order valence-corrected chi connectivity index (χ2v) is 5.34. The Labute approximate surface area is 125 Å². The summed E-state index contributed by atoms with van der Waals surface area (Å²) in [5.74, 6) is 6.20. The predicted molar refractivity (Wildman–Crippen MR) is 78.2 cm³/mol. The summed E-state index contributed by atoms with van der Waals surface area (Å²) in [6, 6.07) is 4.40. The predicted octanol–water partition coefficient (Wildman–Crippen LogP) is 2.34. The van der Waals surface area contributed by atoms with E-state index in [0.717, 1.165) is 24.4 Å². The van der Waals surface area contributed by atoms with Crippen LogP contribution in [0, 0.1) is 5.82 Å². The zero-order valence-corrected chi connectivity index (χ0v) is 12.8. The number of benzene rings is 1. The van der Waals surface area contributed by atoms with Gasteiger partial charge in [-0.2, -0.15) is 5.10 Å². The molecule has 0 amide bonds. The molecule has 3 N–H and O–H groups in total. The first-order chi connectivity index (χ1) is 9.65. The number of nitrogens with two attached hydrogens (primary N) is 1. The van der Waals surface area contributed by atoms with Gasteiger partial charge in [0, 0.05) is 17.4 Å². The van der Waals surface area contributed by atoms with Crippen molar-refractivity contribution >= 4 is 15.9 Å². The molecule has 1 unspecified atom stereocenters. The van der Waals surface area contributed by atoms with Gasteiger partial charge in [0.25, 0.3) is 0 Å². The Morgan fingerprint density at radius 1 is 1.50 bits per heavy atom. The SMILES string of the molecule is CCCn1ncnc1CC(NN)c1ccc(F)cc1Br. The number of nitrogens with zero attached hydrogens (tertiary/aromatic N) is 3. The molecule has 0 aliphatic heterocycles. The lowest BCUT2D eigenvalue weighted by Gasteiger charge is -2.17. The van der Waals surface area contributed by atoms with Crippen molar-refractivity contribution in [3.8, 4) is 0 Å². The standard InChI is InChI=1S/C13H17BrFN5/c1-2-5-20-13(17-8-18-20)7-12(19-16)10-4-3-9(15)6-11(10)14/h3-4,6,8,12,19H,2,5,7,16H2,1H3. The van der Waals surface area contributed by atoms with E-state index < -0.39 is 0 Å². The number of nitrogens with one attached hydrogen (secondary N) is 1. The van der Waals surface area contributed by atoms with Gasteiger partial charge in [0.2, 0.25) is 0 Å². The van der Waals surface area contributed by atoms with Crippen molar-refractivity contribution < 1.29 is 4.39 Å². The molecule has 1 aromatic carbocycles. The van der Waals surface area contributed by atoms with Gasteiger partial charge < -0.3 is 0 Å². The van der Waals surface area contributed by atoms with Crippen LogP contribution in [0.3, 0.4) is 0 Å². The maximum atomic E-state index is 13.1. The van der Waals surface area contributed by atoms with Gasteiger partial charge in [-0.15, -0.1) is 0 Å². The molecular formula is C13H17BrFN5. The van der Waals surface area contributed by atoms with Crippen LogP contribution < -0.4 is 11.3 Å². The van der Waals surface area contributed by atoms with Crippen LogP contribution in [0.1, 0.15) is 30.8 Å². The average molecular weight is 342 g/mol. The monoisotopic (exact) mass is 341 g/mol. The second-order valence-electron chi connectivity index (χ2n) is 4.49. The van der Waals surface area contributed by atoms with E-state index in [0.29, 0.717) is 10.9 Å². The third-order valence-electron chi connectivity index (χ3n) is 3.06. The highest BCUT2D eigenvalue weighted by Gasteiger charge is 2.17. The van der Waals surface area contributed by atoms with E-state index in [-0.39, 0.29) is 11.9 Å². The first-order valence-electron chi connectivity index (χ1n) is 6.43. The smallest absolute Gasteiger partial charge is 0.138 e. The molecule has 0 spiro atoms. The van der Waals surface area contributed by atoms with Crippen LogP contribution >= 0.6 is 15.9 Å². The van der Waals surface area contributed by atoms with Gasteiger partial charge in [0.05, 0.1) is 6.04 Å². The van der Waals surface area contributed by atoms with Crippen LogP contribution in [0.4, 0.5) is 4.39 Å². The Kier molecular flexibility index (Phi) is 5.22. The van der Waals surface area contributed by atoms with Gasteiger partial charge in [0.15, 0.2) is 0 Å². The van der Waals surface area contributed by atoms with Crippen molar-refractivity contribution in [3.63, 3.8) is 0 Å². The lowest BCUT2D eigenvalue weighted by atomic mass is 10.0. The molecule has 0 aliphatic rings. The van der Waals surface area contributed by atoms with E-state index in [1.54, 1.807) is 6.07 Å². The normalized spacial score (nSPS) is 12.6. The Morgan fingerprint density at radius 3 is 2.95 bits per heavy atom. The minimum absolute atomic E-state index is 0.162. The first kappa shape index (κ1) is 15.1. The molecule has 0 aliphatic carbocycles. The van der Waals surface area contributed by atoms with Crippen molar-refractivity contribution in [1.82, 2.24) is 20.2 Å². The summed E-state index contributed by atoms with van der Waals surface area (Å²) in [7, 11) is 0. The van der Waals surface area contributed by atoms with Gasteiger partial charge in [-0.3, -0.25) is 16.0 Å². The highest BCUT2D eigenvalue weighted by molar-refractivity contribution is 9.10. The highest BCUT2D eigenvalue weighted by atomic mass is 79.9. The van der Waals surface area contributed by atoms with Crippen LogP contribution in [-0.2, 0) is 13.0 Å². The Hall–Kier alpha value is -1.31. The van der Waals surface area contributed by atoms with Crippen LogP contribution in [-0.4, -0.2) is 14.8 Å². The van der Waals surface area contributed by atoms with Crippen molar-refractivity contribution in [2.24, 2.45) is 5.84 Å². The largest absolute Gasteiger partial charge is 0.271 e. The van der Waals surface area contributed by atoms with E-state index in [9.17, 15) is 4.39 Å². The molecule has 0 saturated carbocycles. The fourth-order valence-electron chi connectivity index (χ4n) is 2.07. The number of halogens is 2. The van der Waals surface area contributed by atoms with Crippen LogP contribution in [0.15, 0.2) is 29.0 Å². The van der Waals surface area contributed by atoms with Crippen molar-refractivity contribution in [2.45, 2.75) is 32.4 Å². The fraction of sp³-hybridized carbons (Fsp3) is 0.385. The molecular weight excluding hydrogens is 325 g/mol. The van der Waals surface area contributed by atoms with Crippen molar-refractivity contribution in [3.05, 3.63) is 46.2 Å². The van der Waals surface area contributed by atoms with E-state index >= 15 is 0 Å². The second kappa shape index (κ2) is 6.92. The Bertz CT molecular complexity index is 572. The zero-order chi connectivity index (χ0) is 14.5. The summed E-state index contributed by atoms with van der Waals surface area (Å²) < 4.78 is 15.7. The maximum Gasteiger partial charge on any atom is 0.138 e. The number of hydrogen-bond acceptors (Lipinski definition) is 4. The van der Waals surface area contributed by atoms with Gasteiger partial charge in [0.1, 0.15) is 18.0 Å². The van der Waals surface area contributed by atoms with Gasteiger partial charge in [-0.1, -0.05) is 28.9 Å². The lowest BCUT2D eigenvalue weighted by molar-refractivity contribution is 0.497. The summed E-state index contributed by atoms with van der Waals surface area (Å²) in [6.45, 7) is 2.90. The molecule has 5 nitrogen and oxygen atoms in total. The number of aryl methyl sites for hydroxylation is 1. The first-order valence-corrected chi connectivity index (χ1v) is 7.22. The molecule has 0 saturated heterocycles. The summed E-state index contributed by atoms with van der Waals surface area (Å²) in [5.41, 5.74) is 3.64. The molecule has 1 aromatic heterocycles. The minimum atomic E-state index is -0.287. The molecule has 0 bridgehead atoms. The maximum absolute atomic E-state index is 13.1.